The van der Waals surface area contributed by atoms with E-state index in [0.29, 0.717) is 6.04 Å². The second-order valence-corrected chi connectivity index (χ2v) is 8.46. The van der Waals surface area contributed by atoms with Crippen LogP contribution in [0.15, 0.2) is 17.5 Å². The van der Waals surface area contributed by atoms with Crippen molar-refractivity contribution in [2.75, 3.05) is 18.4 Å². The molecule has 2 aliphatic heterocycles. The lowest BCUT2D eigenvalue weighted by Gasteiger charge is -2.31. The molecule has 1 spiro atoms. The summed E-state index contributed by atoms with van der Waals surface area (Å²) < 4.78 is 1.96. The standard InChI is InChI=1S/C21H30N6O/c1-2-27-20-17(14-24-27)19(25-15-6-4-3-5-7-15)16(13-23-20)18-12-21(28-26-18)8-10-22-11-9-21/h13-15,22H,2-12H2,1H3,(H,23,25). The minimum Gasteiger partial charge on any atom is -0.388 e. The van der Waals surface area contributed by atoms with Gasteiger partial charge >= 0.3 is 0 Å². The average molecular weight is 383 g/mol. The van der Waals surface area contributed by atoms with Crippen LogP contribution in [0.4, 0.5) is 5.69 Å². The third-order valence-corrected chi connectivity index (χ3v) is 6.58. The molecule has 0 unspecified atom stereocenters. The van der Waals surface area contributed by atoms with E-state index in [9.17, 15) is 0 Å². The largest absolute Gasteiger partial charge is 0.388 e. The first-order valence-electron chi connectivity index (χ1n) is 10.9. The fourth-order valence-corrected chi connectivity index (χ4v) is 4.90. The van der Waals surface area contributed by atoms with Gasteiger partial charge in [-0.05, 0) is 32.9 Å². The minimum atomic E-state index is -0.134. The molecule has 2 aromatic rings. The third kappa shape index (κ3) is 3.15. The lowest BCUT2D eigenvalue weighted by Crippen LogP contribution is -2.42. The van der Waals surface area contributed by atoms with Crippen molar-refractivity contribution in [1.29, 1.82) is 0 Å². The van der Waals surface area contributed by atoms with Gasteiger partial charge in [-0.3, -0.25) is 0 Å². The lowest BCUT2D eigenvalue weighted by atomic mass is 9.86. The molecule has 7 nitrogen and oxygen atoms in total. The Balaban J connectivity index is 1.51. The molecule has 7 heteroatoms. The van der Waals surface area contributed by atoms with Crippen LogP contribution in [-0.2, 0) is 11.4 Å². The Morgan fingerprint density at radius 3 is 2.82 bits per heavy atom. The molecule has 0 atom stereocenters. The molecule has 3 aliphatic rings. The van der Waals surface area contributed by atoms with Crippen LogP contribution in [0.25, 0.3) is 11.0 Å². The number of nitrogens with zero attached hydrogens (tertiary/aromatic N) is 4. The molecule has 0 amide bonds. The van der Waals surface area contributed by atoms with Crippen LogP contribution in [0.1, 0.15) is 63.9 Å². The Kier molecular flexibility index (Phi) is 4.70. The van der Waals surface area contributed by atoms with Crippen molar-refractivity contribution in [3.63, 3.8) is 0 Å². The average Bonchev–Trinajstić information content (AvgIpc) is 3.34. The van der Waals surface area contributed by atoms with E-state index < -0.39 is 0 Å². The first-order valence-corrected chi connectivity index (χ1v) is 10.9. The summed E-state index contributed by atoms with van der Waals surface area (Å²) in [7, 11) is 0. The molecular weight excluding hydrogens is 352 g/mol. The van der Waals surface area contributed by atoms with E-state index >= 15 is 0 Å². The highest BCUT2D eigenvalue weighted by Crippen LogP contribution is 2.38. The number of rotatable bonds is 4. The Morgan fingerprint density at radius 2 is 2.04 bits per heavy atom. The van der Waals surface area contributed by atoms with Crippen LogP contribution in [0, 0.1) is 0 Å². The first-order chi connectivity index (χ1) is 13.8. The quantitative estimate of drug-likeness (QED) is 0.847. The van der Waals surface area contributed by atoms with Crippen molar-refractivity contribution in [3.8, 4) is 0 Å². The highest BCUT2D eigenvalue weighted by Gasteiger charge is 2.41. The van der Waals surface area contributed by atoms with Crippen molar-refractivity contribution in [1.82, 2.24) is 20.1 Å². The number of aryl methyl sites for hydroxylation is 1. The normalized spacial score (nSPS) is 22.4. The molecular formula is C21H30N6O. The topological polar surface area (TPSA) is 76.4 Å². The third-order valence-electron chi connectivity index (χ3n) is 6.58. The predicted octanol–water partition coefficient (Wildman–Crippen LogP) is 3.44. The van der Waals surface area contributed by atoms with Gasteiger partial charge in [-0.1, -0.05) is 24.4 Å². The van der Waals surface area contributed by atoms with Crippen LogP contribution in [0.3, 0.4) is 0 Å². The smallest absolute Gasteiger partial charge is 0.159 e. The van der Waals surface area contributed by atoms with E-state index in [1.54, 1.807) is 0 Å². The maximum atomic E-state index is 6.00. The fourth-order valence-electron chi connectivity index (χ4n) is 4.90. The SMILES string of the molecule is CCn1ncc2c(NC3CCCCC3)c(C3=NOC4(CCNCC4)C3)cnc21. The molecule has 2 fully saturated rings. The zero-order valence-corrected chi connectivity index (χ0v) is 16.7. The van der Waals surface area contributed by atoms with Crippen molar-refractivity contribution in [2.24, 2.45) is 5.16 Å². The zero-order valence-electron chi connectivity index (χ0n) is 16.7. The van der Waals surface area contributed by atoms with E-state index in [-0.39, 0.29) is 5.60 Å². The molecule has 1 aliphatic carbocycles. The molecule has 1 saturated carbocycles. The zero-order chi connectivity index (χ0) is 19.0. The fraction of sp³-hybridized carbons (Fsp3) is 0.667. The summed E-state index contributed by atoms with van der Waals surface area (Å²) in [5.41, 5.74) is 4.07. The monoisotopic (exact) mass is 382 g/mol. The van der Waals surface area contributed by atoms with Crippen molar-refractivity contribution >= 4 is 22.4 Å². The predicted molar refractivity (Wildman–Crippen MR) is 111 cm³/mol. The Morgan fingerprint density at radius 1 is 1.21 bits per heavy atom. The molecule has 1 saturated heterocycles. The number of oxime groups is 1. The number of hydrogen-bond acceptors (Lipinski definition) is 6. The number of nitrogens with one attached hydrogen (secondary N) is 2. The van der Waals surface area contributed by atoms with E-state index in [0.717, 1.165) is 66.9 Å². The summed E-state index contributed by atoms with van der Waals surface area (Å²) in [6.07, 6.45) is 13.2. The second-order valence-electron chi connectivity index (χ2n) is 8.46. The summed E-state index contributed by atoms with van der Waals surface area (Å²) in [6, 6.07) is 0.513. The molecule has 0 bridgehead atoms. The summed E-state index contributed by atoms with van der Waals surface area (Å²) in [6.45, 7) is 4.91. The molecule has 0 radical (unpaired) electrons. The highest BCUT2D eigenvalue weighted by molar-refractivity contribution is 6.10. The van der Waals surface area contributed by atoms with Crippen LogP contribution in [0.5, 0.6) is 0 Å². The van der Waals surface area contributed by atoms with Gasteiger partial charge in [0.25, 0.3) is 0 Å². The van der Waals surface area contributed by atoms with Gasteiger partial charge in [0.1, 0.15) is 5.60 Å². The number of fused-ring (bicyclic) bond motifs is 1. The van der Waals surface area contributed by atoms with Crippen LogP contribution >= 0.6 is 0 Å². The van der Waals surface area contributed by atoms with Crippen molar-refractivity contribution < 1.29 is 4.84 Å². The van der Waals surface area contributed by atoms with E-state index in [2.05, 4.69) is 27.8 Å². The highest BCUT2D eigenvalue weighted by atomic mass is 16.7. The first kappa shape index (κ1) is 17.9. The van der Waals surface area contributed by atoms with Gasteiger partial charge in [0.15, 0.2) is 5.65 Å². The number of aromatic nitrogens is 3. The number of hydrogen-bond donors (Lipinski definition) is 2. The summed E-state index contributed by atoms with van der Waals surface area (Å²) in [5, 5.41) is 17.5. The molecule has 4 heterocycles. The molecule has 0 aromatic carbocycles. The molecule has 28 heavy (non-hydrogen) atoms. The lowest BCUT2D eigenvalue weighted by molar-refractivity contribution is -0.0400. The molecule has 150 valence electrons. The number of anilines is 1. The van der Waals surface area contributed by atoms with Gasteiger partial charge in [0, 0.05) is 43.6 Å². The Hall–Kier alpha value is -2.15. The molecule has 2 N–H and O–H groups in total. The van der Waals surface area contributed by atoms with Crippen LogP contribution in [0.2, 0.25) is 0 Å². The maximum absolute atomic E-state index is 6.00. The molecule has 2 aromatic heterocycles. The van der Waals surface area contributed by atoms with Gasteiger partial charge in [-0.2, -0.15) is 5.10 Å². The van der Waals surface area contributed by atoms with Gasteiger partial charge in [0.2, 0.25) is 0 Å². The number of pyridine rings is 1. The van der Waals surface area contributed by atoms with Crippen LogP contribution < -0.4 is 10.6 Å². The summed E-state index contributed by atoms with van der Waals surface area (Å²) >= 11 is 0. The van der Waals surface area contributed by atoms with Gasteiger partial charge in [-0.25, -0.2) is 9.67 Å². The van der Waals surface area contributed by atoms with E-state index in [1.165, 1.54) is 32.1 Å². The minimum absolute atomic E-state index is 0.134. The van der Waals surface area contributed by atoms with E-state index in [1.807, 2.05) is 17.1 Å². The Labute approximate surface area is 165 Å². The van der Waals surface area contributed by atoms with Gasteiger partial charge < -0.3 is 15.5 Å². The van der Waals surface area contributed by atoms with Gasteiger partial charge in [0.05, 0.1) is 23.0 Å². The number of piperidine rings is 1. The van der Waals surface area contributed by atoms with Crippen molar-refractivity contribution in [2.45, 2.75) is 76.5 Å². The van der Waals surface area contributed by atoms with E-state index in [4.69, 9.17) is 9.82 Å². The molecule has 5 rings (SSSR count). The Bertz CT molecular complexity index is 876. The summed E-state index contributed by atoms with van der Waals surface area (Å²) in [5.74, 6) is 0. The summed E-state index contributed by atoms with van der Waals surface area (Å²) in [4.78, 5) is 10.8. The van der Waals surface area contributed by atoms with Gasteiger partial charge in [-0.15, -0.1) is 0 Å². The second kappa shape index (κ2) is 7.35. The van der Waals surface area contributed by atoms with Crippen molar-refractivity contribution in [3.05, 3.63) is 18.0 Å². The van der Waals surface area contributed by atoms with Crippen LogP contribution in [-0.4, -0.2) is 45.2 Å². The maximum Gasteiger partial charge on any atom is 0.159 e.